The van der Waals surface area contributed by atoms with Gasteiger partial charge in [0.05, 0.1) is 0 Å². The van der Waals surface area contributed by atoms with Gasteiger partial charge in [0.15, 0.2) is 6.10 Å². The third-order valence-corrected chi connectivity index (χ3v) is 10.5. The molecule has 1 atom stereocenters. The van der Waals surface area contributed by atoms with Gasteiger partial charge in [-0.3, -0.25) is 14.4 Å². The Labute approximate surface area is 364 Å². The van der Waals surface area contributed by atoms with E-state index in [2.05, 4.69) is 81.5 Å². The van der Waals surface area contributed by atoms with E-state index in [4.69, 9.17) is 14.2 Å². The number of hydrogen-bond acceptors (Lipinski definition) is 6. The van der Waals surface area contributed by atoms with Gasteiger partial charge in [-0.1, -0.05) is 197 Å². The Kier molecular flexibility index (Phi) is 45.4. The van der Waals surface area contributed by atoms with Crippen LogP contribution in [0.25, 0.3) is 0 Å². The van der Waals surface area contributed by atoms with E-state index in [9.17, 15) is 14.4 Å². The van der Waals surface area contributed by atoms with Crippen LogP contribution in [0, 0.1) is 0 Å². The molecular formula is C53H92O6. The zero-order valence-electron chi connectivity index (χ0n) is 38.8. The van der Waals surface area contributed by atoms with Crippen LogP contribution in [-0.2, 0) is 28.6 Å². The Morgan fingerprint density at radius 2 is 0.661 bits per heavy atom. The molecule has 0 aromatic rings. The second-order valence-electron chi connectivity index (χ2n) is 16.3. The fraction of sp³-hybridized carbons (Fsp3) is 0.755. The largest absolute Gasteiger partial charge is 0.462 e. The second kappa shape index (κ2) is 47.8. The molecule has 0 spiro atoms. The molecule has 0 rings (SSSR count). The second-order valence-corrected chi connectivity index (χ2v) is 16.3. The fourth-order valence-corrected chi connectivity index (χ4v) is 6.78. The highest BCUT2D eigenvalue weighted by molar-refractivity contribution is 5.71. The third kappa shape index (κ3) is 46.0. The standard InChI is InChI=1S/C53H92O6/c1-4-7-10-13-16-19-21-23-25-26-28-29-31-34-37-40-43-46-52(55)58-49-50(48-57-51(54)45-42-39-36-33-18-15-12-9-6-3)59-53(56)47-44-41-38-35-32-30-27-24-22-20-17-14-11-8-5-2/h8,11,16-17,19-20,23-25,27,50H,4-7,9-10,12-15,18,21-22,26,28-49H2,1-3H3/b11-8-,19-16-,20-17-,25-23-,27-24-. The molecule has 0 aliphatic heterocycles. The molecule has 1 unspecified atom stereocenters. The molecule has 6 nitrogen and oxygen atoms in total. The summed E-state index contributed by atoms with van der Waals surface area (Å²) in [7, 11) is 0. The van der Waals surface area contributed by atoms with Crippen molar-refractivity contribution in [3.8, 4) is 0 Å². The molecule has 0 bridgehead atoms. The summed E-state index contributed by atoms with van der Waals surface area (Å²) in [4.78, 5) is 37.8. The summed E-state index contributed by atoms with van der Waals surface area (Å²) < 4.78 is 16.7. The van der Waals surface area contributed by atoms with Crippen LogP contribution in [0.3, 0.4) is 0 Å². The van der Waals surface area contributed by atoms with E-state index in [1.165, 1.54) is 89.9 Å². The van der Waals surface area contributed by atoms with E-state index in [0.29, 0.717) is 19.3 Å². The van der Waals surface area contributed by atoms with Crippen LogP contribution in [-0.4, -0.2) is 37.2 Å². The number of carbonyl (C=O) groups is 3. The summed E-state index contributed by atoms with van der Waals surface area (Å²) >= 11 is 0. The van der Waals surface area contributed by atoms with Crippen molar-refractivity contribution in [1.82, 2.24) is 0 Å². The Bertz CT molecular complexity index is 1090. The number of carbonyl (C=O) groups excluding carboxylic acids is 3. The molecule has 0 N–H and O–H groups in total. The minimum Gasteiger partial charge on any atom is -0.462 e. The van der Waals surface area contributed by atoms with Gasteiger partial charge in [-0.2, -0.15) is 0 Å². The Morgan fingerprint density at radius 1 is 0.356 bits per heavy atom. The van der Waals surface area contributed by atoms with Crippen molar-refractivity contribution in [3.05, 3.63) is 60.8 Å². The summed E-state index contributed by atoms with van der Waals surface area (Å²) in [6.45, 7) is 6.46. The number of allylic oxidation sites excluding steroid dienone is 10. The van der Waals surface area contributed by atoms with Crippen molar-refractivity contribution in [2.24, 2.45) is 0 Å². The highest BCUT2D eigenvalue weighted by Crippen LogP contribution is 2.14. The van der Waals surface area contributed by atoms with Gasteiger partial charge in [-0.25, -0.2) is 0 Å². The van der Waals surface area contributed by atoms with Gasteiger partial charge in [-0.05, 0) is 83.5 Å². The summed E-state index contributed by atoms with van der Waals surface area (Å²) in [6.07, 6.45) is 57.7. The smallest absolute Gasteiger partial charge is 0.306 e. The van der Waals surface area contributed by atoms with Gasteiger partial charge >= 0.3 is 17.9 Å². The minimum absolute atomic E-state index is 0.0829. The number of unbranched alkanes of at least 4 members (excludes halogenated alkanes) is 23. The molecule has 59 heavy (non-hydrogen) atoms. The first-order valence-electron chi connectivity index (χ1n) is 24.8. The highest BCUT2D eigenvalue weighted by atomic mass is 16.6. The SMILES string of the molecule is CC/C=C\C/C=C\C/C=C\CCCCCCCC(=O)OC(COC(=O)CCCCCCCCC/C=C\C/C=C\CCCCC)COC(=O)CCCCCCCCCCC. The van der Waals surface area contributed by atoms with E-state index in [-0.39, 0.29) is 31.1 Å². The molecule has 340 valence electrons. The van der Waals surface area contributed by atoms with Gasteiger partial charge in [0.1, 0.15) is 13.2 Å². The molecule has 0 saturated carbocycles. The van der Waals surface area contributed by atoms with Crippen molar-refractivity contribution >= 4 is 17.9 Å². The van der Waals surface area contributed by atoms with E-state index in [1.807, 2.05) is 0 Å². The molecule has 0 amide bonds. The molecule has 0 fully saturated rings. The van der Waals surface area contributed by atoms with Crippen LogP contribution < -0.4 is 0 Å². The third-order valence-electron chi connectivity index (χ3n) is 10.5. The average molecular weight is 825 g/mol. The quantitative estimate of drug-likeness (QED) is 0.0263. The van der Waals surface area contributed by atoms with Crippen molar-refractivity contribution in [2.75, 3.05) is 13.2 Å². The predicted octanol–water partition coefficient (Wildman–Crippen LogP) is 16.1. The highest BCUT2D eigenvalue weighted by Gasteiger charge is 2.19. The zero-order valence-corrected chi connectivity index (χ0v) is 38.8. The van der Waals surface area contributed by atoms with Crippen molar-refractivity contribution in [2.45, 2.75) is 245 Å². The predicted molar refractivity (Wildman–Crippen MR) is 251 cm³/mol. The number of esters is 3. The van der Waals surface area contributed by atoms with Crippen LogP contribution in [0.15, 0.2) is 60.8 Å². The number of ether oxygens (including phenoxy) is 3. The molecule has 0 radical (unpaired) electrons. The topological polar surface area (TPSA) is 78.9 Å². The number of rotatable bonds is 44. The Hall–Kier alpha value is -2.89. The molecule has 0 heterocycles. The molecule has 0 aromatic carbocycles. The van der Waals surface area contributed by atoms with E-state index < -0.39 is 6.10 Å². The minimum atomic E-state index is -0.783. The molecule has 6 heteroatoms. The van der Waals surface area contributed by atoms with Gasteiger partial charge in [0.25, 0.3) is 0 Å². The van der Waals surface area contributed by atoms with Gasteiger partial charge in [0, 0.05) is 19.3 Å². The summed E-state index contributed by atoms with van der Waals surface area (Å²) in [6, 6.07) is 0. The molecule has 0 saturated heterocycles. The van der Waals surface area contributed by atoms with Crippen LogP contribution in [0.4, 0.5) is 0 Å². The summed E-state index contributed by atoms with van der Waals surface area (Å²) in [5.41, 5.74) is 0. The maximum absolute atomic E-state index is 12.8. The monoisotopic (exact) mass is 825 g/mol. The molecule has 0 aliphatic rings. The zero-order chi connectivity index (χ0) is 43.0. The van der Waals surface area contributed by atoms with Crippen molar-refractivity contribution in [1.29, 1.82) is 0 Å². The van der Waals surface area contributed by atoms with Gasteiger partial charge < -0.3 is 14.2 Å². The van der Waals surface area contributed by atoms with Crippen LogP contribution in [0.2, 0.25) is 0 Å². The Morgan fingerprint density at radius 3 is 1.07 bits per heavy atom. The van der Waals surface area contributed by atoms with Gasteiger partial charge in [-0.15, -0.1) is 0 Å². The van der Waals surface area contributed by atoms with Crippen LogP contribution >= 0.6 is 0 Å². The lowest BCUT2D eigenvalue weighted by molar-refractivity contribution is -0.167. The first kappa shape index (κ1) is 56.1. The first-order valence-corrected chi connectivity index (χ1v) is 24.8. The van der Waals surface area contributed by atoms with Crippen molar-refractivity contribution in [3.63, 3.8) is 0 Å². The van der Waals surface area contributed by atoms with Gasteiger partial charge in [0.2, 0.25) is 0 Å². The summed E-state index contributed by atoms with van der Waals surface area (Å²) in [5, 5.41) is 0. The maximum atomic E-state index is 12.8. The molecule has 0 aliphatic carbocycles. The summed E-state index contributed by atoms with van der Waals surface area (Å²) in [5.74, 6) is -0.909. The first-order chi connectivity index (χ1) is 29.0. The lowest BCUT2D eigenvalue weighted by Gasteiger charge is -2.18. The lowest BCUT2D eigenvalue weighted by Crippen LogP contribution is -2.30. The van der Waals surface area contributed by atoms with Crippen LogP contribution in [0.1, 0.15) is 239 Å². The van der Waals surface area contributed by atoms with Crippen molar-refractivity contribution < 1.29 is 28.6 Å². The van der Waals surface area contributed by atoms with Crippen LogP contribution in [0.5, 0.6) is 0 Å². The molecular weight excluding hydrogens is 733 g/mol. The van der Waals surface area contributed by atoms with E-state index in [0.717, 1.165) is 109 Å². The normalized spacial score (nSPS) is 12.5. The lowest BCUT2D eigenvalue weighted by atomic mass is 10.1. The Balaban J connectivity index is 4.37. The average Bonchev–Trinajstić information content (AvgIpc) is 3.23. The fourth-order valence-electron chi connectivity index (χ4n) is 6.78. The maximum Gasteiger partial charge on any atom is 0.306 e. The van der Waals surface area contributed by atoms with E-state index >= 15 is 0 Å². The molecule has 0 aromatic heterocycles. The number of hydrogen-bond donors (Lipinski definition) is 0. The van der Waals surface area contributed by atoms with E-state index in [1.54, 1.807) is 0 Å².